The predicted octanol–water partition coefficient (Wildman–Crippen LogP) is 3.29. The molecule has 1 aliphatic rings. The summed E-state index contributed by atoms with van der Waals surface area (Å²) in [4.78, 5) is 0.667. The number of nitriles is 1. The molecule has 1 aliphatic carbocycles. The predicted molar refractivity (Wildman–Crippen MR) is 68.8 cm³/mol. The Labute approximate surface area is 100 Å². The summed E-state index contributed by atoms with van der Waals surface area (Å²) >= 11 is 1.51. The molecule has 1 fully saturated rings. The molecule has 4 heteroatoms. The van der Waals surface area contributed by atoms with Crippen LogP contribution in [0.25, 0.3) is 0 Å². The highest BCUT2D eigenvalue weighted by molar-refractivity contribution is 7.17. The molecule has 0 bridgehead atoms. The fourth-order valence-electron chi connectivity index (χ4n) is 1.83. The van der Waals surface area contributed by atoms with Crippen molar-refractivity contribution in [1.29, 1.82) is 5.26 Å². The number of thiophene rings is 1. The topological polar surface area (TPSA) is 61.8 Å². The van der Waals surface area contributed by atoms with E-state index in [1.54, 1.807) is 0 Å². The van der Waals surface area contributed by atoms with E-state index in [-0.39, 0.29) is 0 Å². The lowest BCUT2D eigenvalue weighted by Crippen LogP contribution is -2.01. The first-order valence-corrected chi connectivity index (χ1v) is 6.65. The SMILES string of the molecule is CCCCNc1sc(C#N)c(N)c1C1CC1. The number of nitrogens with one attached hydrogen (secondary N) is 1. The lowest BCUT2D eigenvalue weighted by atomic mass is 10.1. The molecule has 0 amide bonds. The van der Waals surface area contributed by atoms with Gasteiger partial charge in [0.1, 0.15) is 10.9 Å². The maximum atomic E-state index is 8.98. The quantitative estimate of drug-likeness (QED) is 0.770. The van der Waals surface area contributed by atoms with E-state index in [0.717, 1.165) is 18.0 Å². The zero-order valence-corrected chi connectivity index (χ0v) is 10.4. The van der Waals surface area contributed by atoms with E-state index in [9.17, 15) is 0 Å². The molecule has 0 spiro atoms. The van der Waals surface area contributed by atoms with Crippen LogP contribution in [0.15, 0.2) is 0 Å². The number of nitrogens with zero attached hydrogens (tertiary/aromatic N) is 1. The molecule has 0 aromatic carbocycles. The summed E-state index contributed by atoms with van der Waals surface area (Å²) in [6, 6.07) is 2.18. The van der Waals surface area contributed by atoms with Gasteiger partial charge in [-0.05, 0) is 25.2 Å². The van der Waals surface area contributed by atoms with Crippen molar-refractivity contribution in [2.45, 2.75) is 38.5 Å². The molecular weight excluding hydrogens is 218 g/mol. The van der Waals surface area contributed by atoms with Crippen LogP contribution in [-0.4, -0.2) is 6.54 Å². The van der Waals surface area contributed by atoms with Gasteiger partial charge in [0.25, 0.3) is 0 Å². The Balaban J connectivity index is 2.18. The second kappa shape index (κ2) is 4.75. The molecule has 3 nitrogen and oxygen atoms in total. The zero-order chi connectivity index (χ0) is 11.5. The van der Waals surface area contributed by atoms with Gasteiger partial charge in [-0.2, -0.15) is 5.26 Å². The van der Waals surface area contributed by atoms with Crippen LogP contribution in [-0.2, 0) is 0 Å². The third kappa shape index (κ3) is 2.14. The molecule has 0 aliphatic heterocycles. The third-order valence-electron chi connectivity index (χ3n) is 2.89. The van der Waals surface area contributed by atoms with Crippen molar-refractivity contribution in [1.82, 2.24) is 0 Å². The summed E-state index contributed by atoms with van der Waals surface area (Å²) in [5, 5.41) is 13.5. The summed E-state index contributed by atoms with van der Waals surface area (Å²) in [6.45, 7) is 3.15. The Bertz CT molecular complexity index is 413. The minimum atomic E-state index is 0.600. The molecule has 1 aromatic heterocycles. The van der Waals surface area contributed by atoms with Gasteiger partial charge in [-0.15, -0.1) is 11.3 Å². The van der Waals surface area contributed by atoms with Crippen molar-refractivity contribution in [2.75, 3.05) is 17.6 Å². The van der Waals surface area contributed by atoms with Gasteiger partial charge in [-0.3, -0.25) is 0 Å². The lowest BCUT2D eigenvalue weighted by Gasteiger charge is -2.06. The first-order valence-electron chi connectivity index (χ1n) is 5.84. The van der Waals surface area contributed by atoms with Gasteiger partial charge < -0.3 is 11.1 Å². The second-order valence-corrected chi connectivity index (χ2v) is 5.27. The highest BCUT2D eigenvalue weighted by Gasteiger charge is 2.31. The number of nitrogen functional groups attached to an aromatic ring is 1. The minimum absolute atomic E-state index is 0.600. The molecule has 1 saturated carbocycles. The minimum Gasteiger partial charge on any atom is -0.397 e. The lowest BCUT2D eigenvalue weighted by molar-refractivity contribution is 0.834. The summed E-state index contributed by atoms with van der Waals surface area (Å²) in [7, 11) is 0. The van der Waals surface area contributed by atoms with Gasteiger partial charge >= 0.3 is 0 Å². The molecule has 3 N–H and O–H groups in total. The highest BCUT2D eigenvalue weighted by Crippen LogP contribution is 2.50. The number of hydrogen-bond acceptors (Lipinski definition) is 4. The van der Waals surface area contributed by atoms with E-state index in [4.69, 9.17) is 11.0 Å². The fourth-order valence-corrected chi connectivity index (χ4v) is 2.86. The van der Waals surface area contributed by atoms with E-state index >= 15 is 0 Å². The number of hydrogen-bond donors (Lipinski definition) is 2. The maximum Gasteiger partial charge on any atom is 0.130 e. The van der Waals surface area contributed by atoms with Crippen LogP contribution in [0.4, 0.5) is 10.7 Å². The Hall–Kier alpha value is -1.21. The summed E-state index contributed by atoms with van der Waals surface area (Å²) in [6.07, 6.45) is 4.77. The summed E-state index contributed by atoms with van der Waals surface area (Å²) in [5.41, 5.74) is 7.93. The normalized spacial score (nSPS) is 14.8. The number of nitrogens with two attached hydrogens (primary N) is 1. The highest BCUT2D eigenvalue weighted by atomic mass is 32.1. The van der Waals surface area contributed by atoms with E-state index in [1.165, 1.54) is 36.2 Å². The summed E-state index contributed by atoms with van der Waals surface area (Å²) < 4.78 is 0. The molecular formula is C12H17N3S. The van der Waals surface area contributed by atoms with Crippen LogP contribution >= 0.6 is 11.3 Å². The Morgan fingerprint density at radius 2 is 2.31 bits per heavy atom. The molecule has 0 saturated heterocycles. The third-order valence-corrected chi connectivity index (χ3v) is 3.97. The molecule has 1 aromatic rings. The summed E-state index contributed by atoms with van der Waals surface area (Å²) in [5.74, 6) is 0.600. The van der Waals surface area contributed by atoms with Crippen LogP contribution in [0.1, 0.15) is 49.0 Å². The van der Waals surface area contributed by atoms with Crippen molar-refractivity contribution in [3.05, 3.63) is 10.4 Å². The molecule has 0 radical (unpaired) electrons. The maximum absolute atomic E-state index is 8.98. The average molecular weight is 235 g/mol. The molecule has 0 atom stereocenters. The number of rotatable bonds is 5. The van der Waals surface area contributed by atoms with Crippen molar-refractivity contribution < 1.29 is 0 Å². The first kappa shape index (κ1) is 11.3. The smallest absolute Gasteiger partial charge is 0.130 e. The van der Waals surface area contributed by atoms with Gasteiger partial charge in [0.05, 0.1) is 10.7 Å². The van der Waals surface area contributed by atoms with Gasteiger partial charge in [0, 0.05) is 12.1 Å². The van der Waals surface area contributed by atoms with Gasteiger partial charge in [0.2, 0.25) is 0 Å². The molecule has 86 valence electrons. The Morgan fingerprint density at radius 3 is 2.88 bits per heavy atom. The van der Waals surface area contributed by atoms with Crippen molar-refractivity contribution in [2.24, 2.45) is 0 Å². The van der Waals surface area contributed by atoms with E-state index in [0.29, 0.717) is 16.5 Å². The first-order chi connectivity index (χ1) is 7.77. The van der Waals surface area contributed by atoms with Gasteiger partial charge in [-0.1, -0.05) is 13.3 Å². The standard InChI is InChI=1S/C12H17N3S/c1-2-3-6-15-12-10(8-4-5-8)11(14)9(7-13)16-12/h8,15H,2-6,14H2,1H3. The van der Waals surface area contributed by atoms with Crippen LogP contribution in [0.5, 0.6) is 0 Å². The largest absolute Gasteiger partial charge is 0.397 e. The van der Waals surface area contributed by atoms with Crippen molar-refractivity contribution in [3.8, 4) is 6.07 Å². The van der Waals surface area contributed by atoms with Crippen LogP contribution < -0.4 is 11.1 Å². The van der Waals surface area contributed by atoms with E-state index in [1.807, 2.05) is 0 Å². The molecule has 2 rings (SSSR count). The Morgan fingerprint density at radius 1 is 1.56 bits per heavy atom. The van der Waals surface area contributed by atoms with E-state index in [2.05, 4.69) is 18.3 Å². The molecule has 0 unspecified atom stereocenters. The van der Waals surface area contributed by atoms with E-state index < -0.39 is 0 Å². The number of unbranched alkanes of at least 4 members (excludes halogenated alkanes) is 1. The van der Waals surface area contributed by atoms with Crippen LogP contribution in [0, 0.1) is 11.3 Å². The van der Waals surface area contributed by atoms with Crippen molar-refractivity contribution >= 4 is 22.0 Å². The van der Waals surface area contributed by atoms with Crippen LogP contribution in [0.2, 0.25) is 0 Å². The fraction of sp³-hybridized carbons (Fsp3) is 0.583. The van der Waals surface area contributed by atoms with Crippen molar-refractivity contribution in [3.63, 3.8) is 0 Å². The van der Waals surface area contributed by atoms with Gasteiger partial charge in [0.15, 0.2) is 0 Å². The number of anilines is 2. The van der Waals surface area contributed by atoms with Gasteiger partial charge in [-0.25, -0.2) is 0 Å². The molecule has 16 heavy (non-hydrogen) atoms. The second-order valence-electron chi connectivity index (χ2n) is 4.25. The van der Waals surface area contributed by atoms with Crippen LogP contribution in [0.3, 0.4) is 0 Å². The average Bonchev–Trinajstić information content (AvgIpc) is 3.05. The Kier molecular flexibility index (Phi) is 3.35. The molecule has 1 heterocycles. The monoisotopic (exact) mass is 235 g/mol. The zero-order valence-electron chi connectivity index (χ0n) is 9.55.